The largest absolute Gasteiger partial charge is 0.454 e. The first-order chi connectivity index (χ1) is 22.1. The van der Waals surface area contributed by atoms with Crippen LogP contribution in [0.3, 0.4) is 0 Å². The maximum absolute atomic E-state index is 10.2. The van der Waals surface area contributed by atoms with Crippen molar-refractivity contribution in [3.05, 3.63) is 89.1 Å². The molecule has 3 heteroatoms. The van der Waals surface area contributed by atoms with Crippen LogP contribution in [0.15, 0.2) is 71.3 Å². The minimum Gasteiger partial charge on any atom is -0.454 e. The van der Waals surface area contributed by atoms with E-state index >= 15 is 0 Å². The molecule has 0 bridgehead atoms. The third kappa shape index (κ3) is 5.13. The molecule has 0 radical (unpaired) electrons. The summed E-state index contributed by atoms with van der Waals surface area (Å²) in [6, 6.07) is 23.1. The van der Waals surface area contributed by atoms with Crippen molar-refractivity contribution >= 4 is 21.9 Å². The summed E-state index contributed by atoms with van der Waals surface area (Å²) < 4.78 is 27.0. The summed E-state index contributed by atoms with van der Waals surface area (Å²) in [6.45, 7) is 5.92. The molecule has 7 rings (SSSR count). The second-order valence-electron chi connectivity index (χ2n) is 13.5. The van der Waals surface area contributed by atoms with Gasteiger partial charge in [-0.15, -0.1) is 0 Å². The van der Waals surface area contributed by atoms with Crippen LogP contribution >= 0.6 is 0 Å². The number of aromatic nitrogens is 1. The van der Waals surface area contributed by atoms with Crippen LogP contribution in [-0.2, 0) is 7.05 Å². The van der Waals surface area contributed by atoms with Gasteiger partial charge in [-0.1, -0.05) is 82.3 Å². The molecule has 2 aliphatic rings. The number of nitrogens with zero attached hydrogens (tertiary/aromatic N) is 2. The summed E-state index contributed by atoms with van der Waals surface area (Å²) in [5.74, 6) is 0.386. The predicted octanol–water partition coefficient (Wildman–Crippen LogP) is 10.9. The summed E-state index contributed by atoms with van der Waals surface area (Å²) >= 11 is 0. The van der Waals surface area contributed by atoms with Crippen LogP contribution < -0.4 is 4.57 Å². The number of nitriles is 1. The highest BCUT2D eigenvalue weighted by Crippen LogP contribution is 2.45. The third-order valence-electron chi connectivity index (χ3n) is 10.7. The first-order valence-electron chi connectivity index (χ1n) is 17.6. The Morgan fingerprint density at radius 1 is 0.841 bits per heavy atom. The molecular formula is C41H45N2O+. The van der Waals surface area contributed by atoms with Crippen molar-refractivity contribution in [3.63, 3.8) is 0 Å². The molecule has 0 N–H and O–H groups in total. The molecule has 2 fully saturated rings. The van der Waals surface area contributed by atoms with Gasteiger partial charge < -0.3 is 4.42 Å². The molecular weight excluding hydrogens is 536 g/mol. The minimum absolute atomic E-state index is 0.544. The molecule has 0 atom stereocenters. The first kappa shape index (κ1) is 26.5. The maximum Gasteiger partial charge on any atom is 0.216 e. The third-order valence-corrected chi connectivity index (χ3v) is 10.7. The van der Waals surface area contributed by atoms with E-state index in [1.165, 1.54) is 32.1 Å². The second-order valence-corrected chi connectivity index (χ2v) is 13.5. The van der Waals surface area contributed by atoms with Crippen molar-refractivity contribution in [1.82, 2.24) is 0 Å². The summed E-state index contributed by atoms with van der Waals surface area (Å²) in [7, 11) is 2.03. The fourth-order valence-electron chi connectivity index (χ4n) is 8.06. The van der Waals surface area contributed by atoms with E-state index in [0.29, 0.717) is 11.1 Å². The van der Waals surface area contributed by atoms with Crippen molar-refractivity contribution < 1.29 is 11.7 Å². The van der Waals surface area contributed by atoms with Crippen molar-refractivity contribution in [3.8, 4) is 28.5 Å². The van der Waals surface area contributed by atoms with Gasteiger partial charge in [-0.05, 0) is 90.6 Å². The zero-order chi connectivity index (χ0) is 32.2. The average molecular weight is 584 g/mol. The molecule has 3 aromatic carbocycles. The second kappa shape index (κ2) is 11.9. The Morgan fingerprint density at radius 2 is 1.50 bits per heavy atom. The van der Waals surface area contributed by atoms with E-state index in [9.17, 15) is 6.63 Å². The molecule has 224 valence electrons. The lowest BCUT2D eigenvalue weighted by molar-refractivity contribution is -0.660. The Balaban J connectivity index is 1.28. The molecule has 2 aliphatic carbocycles. The van der Waals surface area contributed by atoms with E-state index in [-0.39, 0.29) is 0 Å². The van der Waals surface area contributed by atoms with Crippen LogP contribution in [0.5, 0.6) is 0 Å². The van der Waals surface area contributed by atoms with E-state index in [1.54, 1.807) is 0 Å². The van der Waals surface area contributed by atoms with Crippen LogP contribution in [0.25, 0.3) is 44.3 Å². The van der Waals surface area contributed by atoms with Gasteiger partial charge >= 0.3 is 0 Å². The van der Waals surface area contributed by atoms with Crippen molar-refractivity contribution in [2.24, 2.45) is 18.9 Å². The number of hydrogen-bond acceptors (Lipinski definition) is 2. The molecule has 2 heterocycles. The molecule has 0 spiro atoms. The van der Waals surface area contributed by atoms with Gasteiger partial charge in [0.15, 0.2) is 6.20 Å². The van der Waals surface area contributed by atoms with Gasteiger partial charge in [0.25, 0.3) is 0 Å². The van der Waals surface area contributed by atoms with Gasteiger partial charge in [0.05, 0.1) is 17.2 Å². The Labute approximate surface area is 265 Å². The van der Waals surface area contributed by atoms with Crippen LogP contribution in [0, 0.1) is 30.1 Å². The fraction of sp³-hybridized carbons (Fsp3) is 0.415. The number of fused-ring (bicyclic) bond motifs is 3. The molecule has 0 unspecified atom stereocenters. The van der Waals surface area contributed by atoms with Crippen LogP contribution in [0.2, 0.25) is 0 Å². The standard InChI is InChI=1S/C41H45N2O/c1-26(2)33-22-23-43(4)37(24-33)38-27(3)10-20-35-36-21-19-34(25-42)39(41(36)44-40(35)38)32-17-15-31(16-18-32)30-13-11-29(12-14-30)28-8-6-5-7-9-28/h10,15-24,26,28-30H,5-9,11-14H2,1-4H3/q+1/i26D,30D. The van der Waals surface area contributed by atoms with Gasteiger partial charge in [0.1, 0.15) is 18.2 Å². The SMILES string of the molecule is [2H]C(C)(C)c1cc[n+](C)c(-c2c(C)ccc3c2oc2c(-c4ccc(C5([2H])CCC(C6CCCCC6)CC5)cc4)c(C#N)ccc23)c1. The van der Waals surface area contributed by atoms with Crippen LogP contribution in [0.1, 0.15) is 108 Å². The summed E-state index contributed by atoms with van der Waals surface area (Å²) in [5.41, 5.74) is 8.92. The summed E-state index contributed by atoms with van der Waals surface area (Å²) in [5, 5.41) is 12.2. The first-order valence-corrected chi connectivity index (χ1v) is 16.6. The highest BCUT2D eigenvalue weighted by atomic mass is 16.3. The fourth-order valence-corrected chi connectivity index (χ4v) is 8.06. The number of furan rings is 1. The normalized spacial score (nSPS) is 22.1. The van der Waals surface area contributed by atoms with E-state index in [4.69, 9.17) is 5.79 Å². The van der Waals surface area contributed by atoms with Crippen LogP contribution in [-0.4, -0.2) is 0 Å². The lowest BCUT2D eigenvalue weighted by Crippen LogP contribution is -2.31. The molecule has 0 aliphatic heterocycles. The van der Waals surface area contributed by atoms with E-state index < -0.39 is 11.8 Å². The highest BCUT2D eigenvalue weighted by Gasteiger charge is 2.29. The Kier molecular flexibility index (Phi) is 7.16. The van der Waals surface area contributed by atoms with Gasteiger partial charge in [0, 0.05) is 31.2 Å². The Bertz CT molecular complexity index is 1960. The van der Waals surface area contributed by atoms with Crippen molar-refractivity contribution in [2.75, 3.05) is 0 Å². The minimum atomic E-state index is -0.730. The van der Waals surface area contributed by atoms with Crippen molar-refractivity contribution in [1.29, 1.82) is 5.26 Å². The number of benzene rings is 3. The van der Waals surface area contributed by atoms with Crippen molar-refractivity contribution in [2.45, 2.75) is 90.3 Å². The molecule has 2 saturated carbocycles. The lowest BCUT2D eigenvalue weighted by Gasteiger charge is -2.36. The van der Waals surface area contributed by atoms with Gasteiger partial charge in [-0.3, -0.25) is 0 Å². The topological polar surface area (TPSA) is 40.8 Å². The maximum atomic E-state index is 10.2. The van der Waals surface area contributed by atoms with E-state index in [1.807, 2.05) is 45.3 Å². The summed E-state index contributed by atoms with van der Waals surface area (Å²) in [4.78, 5) is 0. The number of pyridine rings is 1. The molecule has 0 saturated heterocycles. The number of rotatable bonds is 5. The van der Waals surface area contributed by atoms with E-state index in [2.05, 4.69) is 60.0 Å². The molecule has 0 amide bonds. The summed E-state index contributed by atoms with van der Waals surface area (Å²) in [6.07, 6.45) is 13.1. The average Bonchev–Trinajstić information content (AvgIpc) is 3.43. The Hall–Kier alpha value is -3.90. The van der Waals surface area contributed by atoms with Gasteiger partial charge in [-0.25, -0.2) is 4.57 Å². The lowest BCUT2D eigenvalue weighted by atomic mass is 9.70. The smallest absolute Gasteiger partial charge is 0.216 e. The van der Waals surface area contributed by atoms with Crippen LogP contribution in [0.4, 0.5) is 0 Å². The highest BCUT2D eigenvalue weighted by molar-refractivity contribution is 6.14. The molecule has 5 aromatic rings. The number of aryl methyl sites for hydroxylation is 2. The predicted molar refractivity (Wildman–Crippen MR) is 181 cm³/mol. The number of hydrogen-bond donors (Lipinski definition) is 0. The quantitative estimate of drug-likeness (QED) is 0.193. The zero-order valence-electron chi connectivity index (χ0n) is 28.7. The molecule has 3 nitrogen and oxygen atoms in total. The molecule has 44 heavy (non-hydrogen) atoms. The Morgan fingerprint density at radius 3 is 2.18 bits per heavy atom. The monoisotopic (exact) mass is 583 g/mol. The van der Waals surface area contributed by atoms with E-state index in [0.717, 1.165) is 92.9 Å². The molecule has 2 aromatic heterocycles. The zero-order valence-corrected chi connectivity index (χ0v) is 26.7. The van der Waals surface area contributed by atoms with Gasteiger partial charge in [-0.2, -0.15) is 5.26 Å². The van der Waals surface area contributed by atoms with Gasteiger partial charge in [0.2, 0.25) is 5.69 Å².